The van der Waals surface area contributed by atoms with Crippen molar-refractivity contribution in [3.05, 3.63) is 24.2 Å². The van der Waals surface area contributed by atoms with Crippen molar-refractivity contribution in [2.75, 3.05) is 19.6 Å². The van der Waals surface area contributed by atoms with E-state index in [2.05, 4.69) is 10.4 Å². The van der Waals surface area contributed by atoms with Gasteiger partial charge in [-0.25, -0.2) is 9.31 Å². The number of piperidine rings is 1. The summed E-state index contributed by atoms with van der Waals surface area (Å²) in [6.45, 7) is 1.69. The molecule has 0 aliphatic carbocycles. The van der Waals surface area contributed by atoms with Crippen LogP contribution in [0.4, 0.5) is 4.79 Å². The lowest BCUT2D eigenvalue weighted by Gasteiger charge is -2.37. The molecule has 0 atom stereocenters. The molecule has 116 valence electrons. The average molecular weight is 303 g/mol. The first kappa shape index (κ1) is 13.2. The topological polar surface area (TPSA) is 80.9 Å². The van der Waals surface area contributed by atoms with Crippen molar-refractivity contribution in [3.8, 4) is 0 Å². The van der Waals surface area contributed by atoms with E-state index in [1.165, 1.54) is 0 Å². The van der Waals surface area contributed by atoms with Gasteiger partial charge in [0.05, 0.1) is 12.7 Å². The molecule has 2 aromatic heterocycles. The number of aromatic nitrogens is 3. The molecule has 22 heavy (non-hydrogen) atoms. The summed E-state index contributed by atoms with van der Waals surface area (Å²) in [5, 5.41) is 6.90. The summed E-state index contributed by atoms with van der Waals surface area (Å²) in [7, 11) is 1.89. The van der Waals surface area contributed by atoms with E-state index in [4.69, 9.17) is 4.74 Å². The van der Waals surface area contributed by atoms with Crippen LogP contribution in [0.2, 0.25) is 0 Å². The maximum atomic E-state index is 12.7. The van der Waals surface area contributed by atoms with Crippen LogP contribution >= 0.6 is 0 Å². The molecule has 8 nitrogen and oxygen atoms in total. The van der Waals surface area contributed by atoms with Crippen molar-refractivity contribution >= 4 is 17.6 Å². The number of nitrogens with zero attached hydrogens (tertiary/aromatic N) is 4. The summed E-state index contributed by atoms with van der Waals surface area (Å²) < 4.78 is 8.96. The highest BCUT2D eigenvalue weighted by molar-refractivity contribution is 5.99. The number of carbonyl (C=O) groups is 2. The third-order valence-electron chi connectivity index (χ3n) is 4.59. The average Bonchev–Trinajstić information content (AvgIpc) is 3.18. The van der Waals surface area contributed by atoms with Crippen molar-refractivity contribution in [3.63, 3.8) is 0 Å². The van der Waals surface area contributed by atoms with Crippen LogP contribution in [-0.4, -0.2) is 56.3 Å². The van der Waals surface area contributed by atoms with Crippen LogP contribution in [0.1, 0.15) is 23.2 Å². The molecule has 8 heteroatoms. The summed E-state index contributed by atoms with van der Waals surface area (Å²) in [4.78, 5) is 25.8. The number of rotatable bonds is 1. The van der Waals surface area contributed by atoms with Gasteiger partial charge in [-0.15, -0.1) is 0 Å². The highest BCUT2D eigenvalue weighted by Crippen LogP contribution is 2.30. The van der Waals surface area contributed by atoms with Gasteiger partial charge in [0.25, 0.3) is 5.91 Å². The van der Waals surface area contributed by atoms with E-state index in [1.54, 1.807) is 15.6 Å². The van der Waals surface area contributed by atoms with Gasteiger partial charge in [0.1, 0.15) is 16.8 Å². The van der Waals surface area contributed by atoms with Gasteiger partial charge >= 0.3 is 6.09 Å². The number of hydrogen-bond acceptors (Lipinski definition) is 4. The van der Waals surface area contributed by atoms with Crippen LogP contribution in [0.5, 0.6) is 0 Å². The molecular formula is C14H17N5O3. The number of carbonyl (C=O) groups excluding carboxylic acids is 2. The van der Waals surface area contributed by atoms with Crippen molar-refractivity contribution in [1.82, 2.24) is 24.4 Å². The summed E-state index contributed by atoms with van der Waals surface area (Å²) in [6.07, 6.45) is 6.26. The summed E-state index contributed by atoms with van der Waals surface area (Å²) in [5.74, 6) is -0.0241. The van der Waals surface area contributed by atoms with E-state index in [0.717, 1.165) is 5.65 Å². The third-order valence-corrected chi connectivity index (χ3v) is 4.59. The molecule has 0 bridgehead atoms. The van der Waals surface area contributed by atoms with Gasteiger partial charge in [0.15, 0.2) is 0 Å². The van der Waals surface area contributed by atoms with E-state index < -0.39 is 5.60 Å². The molecule has 2 aliphatic rings. The summed E-state index contributed by atoms with van der Waals surface area (Å²) >= 11 is 0. The number of alkyl carbamates (subject to hydrolysis) is 1. The van der Waals surface area contributed by atoms with Crippen LogP contribution in [0.15, 0.2) is 18.6 Å². The molecule has 1 N–H and O–H groups in total. The maximum Gasteiger partial charge on any atom is 0.407 e. The van der Waals surface area contributed by atoms with Gasteiger partial charge in [-0.05, 0) is 0 Å². The fourth-order valence-corrected chi connectivity index (χ4v) is 3.27. The molecule has 2 aliphatic heterocycles. The Balaban J connectivity index is 1.53. The monoisotopic (exact) mass is 303 g/mol. The number of fused-ring (bicyclic) bond motifs is 1. The molecule has 0 aromatic carbocycles. The zero-order valence-corrected chi connectivity index (χ0v) is 12.3. The molecule has 2 amide bonds. The third kappa shape index (κ3) is 1.87. The smallest absolute Gasteiger partial charge is 0.407 e. The summed E-state index contributed by atoms with van der Waals surface area (Å²) in [5.41, 5.74) is 0.955. The van der Waals surface area contributed by atoms with Gasteiger partial charge < -0.3 is 19.5 Å². The number of hydrogen-bond donors (Lipinski definition) is 1. The molecule has 1 spiro atoms. The number of likely N-dealkylation sites (tertiary alicyclic amines) is 1. The lowest BCUT2D eigenvalue weighted by Crippen LogP contribution is -2.48. The molecule has 4 heterocycles. The molecule has 0 unspecified atom stereocenters. The Labute approximate surface area is 126 Å². The van der Waals surface area contributed by atoms with E-state index >= 15 is 0 Å². The predicted molar refractivity (Wildman–Crippen MR) is 76.5 cm³/mol. The van der Waals surface area contributed by atoms with Crippen molar-refractivity contribution in [2.24, 2.45) is 7.05 Å². The van der Waals surface area contributed by atoms with E-state index in [1.807, 2.05) is 24.0 Å². The van der Waals surface area contributed by atoms with Gasteiger partial charge in [-0.1, -0.05) is 0 Å². The fourth-order valence-electron chi connectivity index (χ4n) is 3.27. The lowest BCUT2D eigenvalue weighted by molar-refractivity contribution is 0.00336. The Morgan fingerprint density at radius 1 is 1.36 bits per heavy atom. The van der Waals surface area contributed by atoms with Crippen LogP contribution in [-0.2, 0) is 11.8 Å². The highest BCUT2D eigenvalue weighted by atomic mass is 16.6. The fraction of sp³-hybridized carbons (Fsp3) is 0.500. The second kappa shape index (κ2) is 4.49. The van der Waals surface area contributed by atoms with Crippen molar-refractivity contribution < 1.29 is 14.3 Å². The van der Waals surface area contributed by atoms with Gasteiger partial charge in [0.2, 0.25) is 0 Å². The molecule has 2 fully saturated rings. The quantitative estimate of drug-likeness (QED) is 0.826. The van der Waals surface area contributed by atoms with Gasteiger partial charge in [-0.3, -0.25) is 4.79 Å². The van der Waals surface area contributed by atoms with Crippen LogP contribution in [0, 0.1) is 0 Å². The number of imidazole rings is 1. The van der Waals surface area contributed by atoms with E-state index in [0.29, 0.717) is 38.0 Å². The largest absolute Gasteiger partial charge is 0.441 e. The Hall–Kier alpha value is -2.51. The van der Waals surface area contributed by atoms with Crippen molar-refractivity contribution in [1.29, 1.82) is 0 Å². The molecule has 2 aromatic rings. The first-order valence-corrected chi connectivity index (χ1v) is 7.33. The van der Waals surface area contributed by atoms with E-state index in [9.17, 15) is 9.59 Å². The number of amides is 2. The molecule has 0 radical (unpaired) electrons. The van der Waals surface area contributed by atoms with Crippen LogP contribution in [0.25, 0.3) is 5.65 Å². The molecule has 0 saturated carbocycles. The van der Waals surface area contributed by atoms with Crippen LogP contribution < -0.4 is 5.32 Å². The van der Waals surface area contributed by atoms with E-state index in [-0.39, 0.29) is 12.0 Å². The van der Waals surface area contributed by atoms with Crippen molar-refractivity contribution in [2.45, 2.75) is 18.4 Å². The predicted octanol–water partition coefficient (Wildman–Crippen LogP) is 0.387. The SMILES string of the molecule is Cn1ccn2ncc(C(=O)N3CCC4(CC3)CNC(=O)O4)c12. The second-order valence-electron chi connectivity index (χ2n) is 5.95. The minimum Gasteiger partial charge on any atom is -0.441 e. The minimum absolute atomic E-state index is 0.0241. The Kier molecular flexibility index (Phi) is 2.69. The summed E-state index contributed by atoms with van der Waals surface area (Å²) in [6, 6.07) is 0. The zero-order valence-electron chi connectivity index (χ0n) is 12.3. The molecule has 4 rings (SSSR count). The first-order chi connectivity index (χ1) is 10.6. The highest BCUT2D eigenvalue weighted by Gasteiger charge is 2.43. The Morgan fingerprint density at radius 3 is 2.82 bits per heavy atom. The number of nitrogens with one attached hydrogen (secondary N) is 1. The lowest BCUT2D eigenvalue weighted by atomic mass is 9.91. The number of ether oxygens (including phenoxy) is 1. The zero-order chi connectivity index (χ0) is 15.3. The second-order valence-corrected chi connectivity index (χ2v) is 5.95. The van der Waals surface area contributed by atoms with Gasteiger partial charge in [-0.2, -0.15) is 5.10 Å². The standard InChI is InChI=1S/C14H17N5O3/c1-17-6-7-19-11(17)10(8-16-19)12(20)18-4-2-14(3-5-18)9-15-13(21)22-14/h6-8H,2-5,9H2,1H3,(H,15,21). The maximum absolute atomic E-state index is 12.7. The Morgan fingerprint density at radius 2 is 2.14 bits per heavy atom. The Bertz CT molecular complexity index is 754. The number of aryl methyl sites for hydroxylation is 1. The minimum atomic E-state index is -0.437. The normalized spacial score (nSPS) is 20.4. The van der Waals surface area contributed by atoms with Crippen LogP contribution in [0.3, 0.4) is 0 Å². The molecular weight excluding hydrogens is 286 g/mol. The molecule has 2 saturated heterocycles. The first-order valence-electron chi connectivity index (χ1n) is 7.33. The van der Waals surface area contributed by atoms with Gasteiger partial charge in [0, 0.05) is 45.4 Å².